The summed E-state index contributed by atoms with van der Waals surface area (Å²) in [6.07, 6.45) is 88.8. The summed E-state index contributed by atoms with van der Waals surface area (Å²) in [6, 6.07) is 0. The van der Waals surface area contributed by atoms with Gasteiger partial charge in [-0.3, -0.25) is 14.4 Å². The van der Waals surface area contributed by atoms with Crippen LogP contribution in [0.5, 0.6) is 0 Å². The second-order valence-electron chi connectivity index (χ2n) is 22.7. The molecule has 0 saturated heterocycles. The number of ether oxygens (including phenoxy) is 3. The van der Waals surface area contributed by atoms with E-state index in [1.54, 1.807) is 0 Å². The first-order valence-electron chi connectivity index (χ1n) is 34.1. The van der Waals surface area contributed by atoms with Gasteiger partial charge in [0.2, 0.25) is 0 Å². The maximum absolute atomic E-state index is 13.0. The number of esters is 3. The van der Waals surface area contributed by atoms with Crippen molar-refractivity contribution in [3.05, 3.63) is 85.1 Å². The van der Waals surface area contributed by atoms with Gasteiger partial charge in [-0.25, -0.2) is 0 Å². The van der Waals surface area contributed by atoms with Crippen molar-refractivity contribution >= 4 is 17.9 Å². The van der Waals surface area contributed by atoms with Crippen LogP contribution in [0.25, 0.3) is 0 Å². The van der Waals surface area contributed by atoms with E-state index < -0.39 is 6.10 Å². The molecule has 0 rings (SSSR count). The molecule has 0 aromatic rings. The molecule has 6 heteroatoms. The lowest BCUT2D eigenvalue weighted by molar-refractivity contribution is -0.167. The maximum Gasteiger partial charge on any atom is 0.306 e. The van der Waals surface area contributed by atoms with E-state index >= 15 is 0 Å². The van der Waals surface area contributed by atoms with Gasteiger partial charge in [0.15, 0.2) is 6.10 Å². The lowest BCUT2D eigenvalue weighted by atomic mass is 10.0. The van der Waals surface area contributed by atoms with Crippen LogP contribution < -0.4 is 0 Å². The van der Waals surface area contributed by atoms with Crippen LogP contribution >= 0.6 is 0 Å². The van der Waals surface area contributed by atoms with Crippen molar-refractivity contribution in [3.63, 3.8) is 0 Å². The van der Waals surface area contributed by atoms with E-state index in [4.69, 9.17) is 14.2 Å². The standard InChI is InChI=1S/C73H128O6/c1-4-7-10-13-16-19-22-25-28-30-32-34-36-38-40-42-45-48-51-54-57-60-63-66-72(75)78-69-70(68-77-71(74)65-62-59-56-53-50-47-44-27-24-21-18-15-12-9-6-3)79-73(76)67-64-61-58-55-52-49-46-43-41-39-37-35-33-31-29-26-23-20-17-14-11-8-5-2/h7,10,16,18-19,21,25,27-28,31-34,44,70H,4-6,8-9,11-15,17,20,22-24,26,29-30,35-43,45-69H2,1-3H3/b10-7-,19-16-,21-18-,28-25-,33-31-,34-32-,44-27-. The zero-order valence-corrected chi connectivity index (χ0v) is 52.4. The van der Waals surface area contributed by atoms with Gasteiger partial charge in [0.1, 0.15) is 13.2 Å². The van der Waals surface area contributed by atoms with E-state index in [2.05, 4.69) is 106 Å². The van der Waals surface area contributed by atoms with Crippen molar-refractivity contribution in [1.29, 1.82) is 0 Å². The number of allylic oxidation sites excluding steroid dienone is 14. The highest BCUT2D eigenvalue weighted by atomic mass is 16.6. The molecule has 0 aliphatic rings. The maximum atomic E-state index is 13.0. The summed E-state index contributed by atoms with van der Waals surface area (Å²) in [4.78, 5) is 38.4. The Morgan fingerprint density at radius 1 is 0.266 bits per heavy atom. The molecule has 0 spiro atoms. The first-order chi connectivity index (χ1) is 39.0. The average molecular weight is 1100 g/mol. The van der Waals surface area contributed by atoms with Crippen LogP contribution in [-0.4, -0.2) is 37.2 Å². The molecule has 0 amide bonds. The highest BCUT2D eigenvalue weighted by molar-refractivity contribution is 5.71. The summed E-state index contributed by atoms with van der Waals surface area (Å²) in [5.74, 6) is -0.885. The van der Waals surface area contributed by atoms with Crippen molar-refractivity contribution in [1.82, 2.24) is 0 Å². The number of hydrogen-bond donors (Lipinski definition) is 0. The predicted molar refractivity (Wildman–Crippen MR) is 344 cm³/mol. The summed E-state index contributed by atoms with van der Waals surface area (Å²) in [5, 5.41) is 0. The molecule has 0 saturated carbocycles. The first-order valence-corrected chi connectivity index (χ1v) is 34.1. The Hall–Kier alpha value is -3.41. The normalized spacial score (nSPS) is 12.6. The molecule has 79 heavy (non-hydrogen) atoms. The van der Waals surface area contributed by atoms with E-state index in [0.29, 0.717) is 19.3 Å². The Labute approximate surface area is 490 Å². The van der Waals surface area contributed by atoms with Crippen LogP contribution in [0.4, 0.5) is 0 Å². The summed E-state index contributed by atoms with van der Waals surface area (Å²) < 4.78 is 17.0. The average Bonchev–Trinajstić information content (AvgIpc) is 3.45. The third kappa shape index (κ3) is 65.3. The van der Waals surface area contributed by atoms with Crippen molar-refractivity contribution in [2.75, 3.05) is 13.2 Å². The van der Waals surface area contributed by atoms with E-state index in [1.807, 2.05) is 0 Å². The molecule has 1 atom stereocenters. The number of carbonyl (C=O) groups is 3. The molecule has 0 aliphatic heterocycles. The van der Waals surface area contributed by atoms with Gasteiger partial charge in [-0.05, 0) is 116 Å². The molecule has 0 aromatic carbocycles. The third-order valence-electron chi connectivity index (χ3n) is 14.9. The Bertz CT molecular complexity index is 1500. The van der Waals surface area contributed by atoms with Gasteiger partial charge in [-0.1, -0.05) is 292 Å². The van der Waals surface area contributed by atoms with Crippen molar-refractivity contribution < 1.29 is 28.6 Å². The molecule has 0 N–H and O–H groups in total. The minimum atomic E-state index is -0.786. The second-order valence-corrected chi connectivity index (χ2v) is 22.7. The summed E-state index contributed by atoms with van der Waals surface area (Å²) >= 11 is 0. The second kappa shape index (κ2) is 67.1. The fourth-order valence-corrected chi connectivity index (χ4v) is 9.76. The van der Waals surface area contributed by atoms with E-state index in [-0.39, 0.29) is 31.1 Å². The lowest BCUT2D eigenvalue weighted by Crippen LogP contribution is -2.30. The van der Waals surface area contributed by atoms with Gasteiger partial charge >= 0.3 is 17.9 Å². The predicted octanol–water partition coefficient (Wildman–Crippen LogP) is 23.4. The minimum absolute atomic E-state index is 0.0819. The quantitative estimate of drug-likeness (QED) is 0.0261. The molecule has 0 heterocycles. The number of carbonyl (C=O) groups excluding carboxylic acids is 3. The fourth-order valence-electron chi connectivity index (χ4n) is 9.76. The van der Waals surface area contributed by atoms with Gasteiger partial charge in [0, 0.05) is 19.3 Å². The zero-order chi connectivity index (χ0) is 57.1. The smallest absolute Gasteiger partial charge is 0.306 e. The molecule has 0 bridgehead atoms. The lowest BCUT2D eigenvalue weighted by Gasteiger charge is -2.18. The highest BCUT2D eigenvalue weighted by Crippen LogP contribution is 2.17. The van der Waals surface area contributed by atoms with Gasteiger partial charge in [-0.2, -0.15) is 0 Å². The van der Waals surface area contributed by atoms with Crippen LogP contribution in [0, 0.1) is 0 Å². The number of rotatable bonds is 62. The van der Waals surface area contributed by atoms with Crippen molar-refractivity contribution in [2.45, 2.75) is 348 Å². The van der Waals surface area contributed by atoms with Crippen LogP contribution in [0.3, 0.4) is 0 Å². The molecule has 456 valence electrons. The van der Waals surface area contributed by atoms with Gasteiger partial charge in [-0.15, -0.1) is 0 Å². The highest BCUT2D eigenvalue weighted by Gasteiger charge is 2.19. The Morgan fingerprint density at radius 2 is 0.494 bits per heavy atom. The Morgan fingerprint density at radius 3 is 0.810 bits per heavy atom. The zero-order valence-electron chi connectivity index (χ0n) is 52.4. The largest absolute Gasteiger partial charge is 0.462 e. The molecular formula is C73H128O6. The van der Waals surface area contributed by atoms with Crippen molar-refractivity contribution in [3.8, 4) is 0 Å². The summed E-state index contributed by atoms with van der Waals surface area (Å²) in [7, 11) is 0. The van der Waals surface area contributed by atoms with E-state index in [1.165, 1.54) is 199 Å². The minimum Gasteiger partial charge on any atom is -0.462 e. The van der Waals surface area contributed by atoms with Crippen LogP contribution in [0.15, 0.2) is 85.1 Å². The Kier molecular flexibility index (Phi) is 64.2. The molecule has 0 aromatic heterocycles. The van der Waals surface area contributed by atoms with E-state index in [9.17, 15) is 14.4 Å². The number of unbranched alkanes of at least 4 members (excludes halogenated alkanes) is 37. The van der Waals surface area contributed by atoms with Gasteiger partial charge < -0.3 is 14.2 Å². The Balaban J connectivity index is 4.34. The monoisotopic (exact) mass is 1100 g/mol. The van der Waals surface area contributed by atoms with Crippen LogP contribution in [0.2, 0.25) is 0 Å². The molecule has 1 unspecified atom stereocenters. The first kappa shape index (κ1) is 75.6. The summed E-state index contributed by atoms with van der Waals surface area (Å²) in [5.41, 5.74) is 0. The van der Waals surface area contributed by atoms with Gasteiger partial charge in [0.05, 0.1) is 0 Å². The van der Waals surface area contributed by atoms with E-state index in [0.717, 1.165) is 103 Å². The molecule has 0 fully saturated rings. The van der Waals surface area contributed by atoms with Crippen LogP contribution in [-0.2, 0) is 28.6 Å². The third-order valence-corrected chi connectivity index (χ3v) is 14.9. The van der Waals surface area contributed by atoms with Crippen LogP contribution in [0.1, 0.15) is 342 Å². The summed E-state index contributed by atoms with van der Waals surface area (Å²) in [6.45, 7) is 6.53. The molecule has 0 radical (unpaired) electrons. The number of hydrogen-bond acceptors (Lipinski definition) is 6. The van der Waals surface area contributed by atoms with Gasteiger partial charge in [0.25, 0.3) is 0 Å². The topological polar surface area (TPSA) is 78.9 Å². The molecule has 0 aliphatic carbocycles. The molecular weight excluding hydrogens is 973 g/mol. The fraction of sp³-hybridized carbons (Fsp3) is 0.767. The molecule has 6 nitrogen and oxygen atoms in total. The SMILES string of the molecule is CC/C=C\C/C=C\C/C=C\C/C=C\CCCCCCCCCCCCC(=O)OCC(COC(=O)CCCCCCC/C=C\C/C=C\CCCCC)OC(=O)CCCCCCCCCCCCC/C=C\CCCCCCCCCC. The van der Waals surface area contributed by atoms with Crippen molar-refractivity contribution in [2.24, 2.45) is 0 Å².